The fraction of sp³-hybridized carbons (Fsp3) is 0.286. The average Bonchev–Trinajstić information content (AvgIpc) is 2.78. The first-order valence-electron chi connectivity index (χ1n) is 6.47. The molecule has 0 aliphatic heterocycles. The molecule has 2 rings (SSSR count). The molecule has 0 bridgehead atoms. The maximum absolute atomic E-state index is 12.1. The summed E-state index contributed by atoms with van der Waals surface area (Å²) in [4.78, 5) is 12.2. The van der Waals surface area contributed by atoms with Crippen LogP contribution in [0.5, 0.6) is 0 Å². The number of nitrogens with zero attached hydrogens (tertiary/aromatic N) is 2. The van der Waals surface area contributed by atoms with Gasteiger partial charge >= 0.3 is 0 Å². The highest BCUT2D eigenvalue weighted by molar-refractivity contribution is 7.91. The Morgan fingerprint density at radius 3 is 2.52 bits per heavy atom. The van der Waals surface area contributed by atoms with E-state index in [4.69, 9.17) is 0 Å². The maximum atomic E-state index is 12.1. The van der Waals surface area contributed by atoms with E-state index in [1.54, 1.807) is 50.4 Å². The Labute approximate surface area is 123 Å². The molecule has 0 saturated carbocycles. The summed E-state index contributed by atoms with van der Waals surface area (Å²) in [6.07, 6.45) is 0. The van der Waals surface area contributed by atoms with Gasteiger partial charge in [-0.2, -0.15) is 5.10 Å². The van der Waals surface area contributed by atoms with Gasteiger partial charge in [0.25, 0.3) is 5.91 Å². The molecule has 1 heterocycles. The Morgan fingerprint density at radius 1 is 1.29 bits per heavy atom. The molecule has 0 saturated heterocycles. The quantitative estimate of drug-likeness (QED) is 0.891. The van der Waals surface area contributed by atoms with Gasteiger partial charge < -0.3 is 5.32 Å². The molecule has 1 N–H and O–H groups in total. The topological polar surface area (TPSA) is 81.1 Å². The van der Waals surface area contributed by atoms with Crippen LogP contribution < -0.4 is 5.32 Å². The largest absolute Gasteiger partial charge is 0.350 e. The van der Waals surface area contributed by atoms with Gasteiger partial charge in [-0.05, 0) is 25.1 Å². The van der Waals surface area contributed by atoms with Gasteiger partial charge in [-0.25, -0.2) is 8.42 Å². The molecular weight excluding hydrogens is 290 g/mol. The number of amides is 1. The average molecular weight is 307 g/mol. The summed E-state index contributed by atoms with van der Waals surface area (Å²) in [5.74, 6) is -0.471. The molecule has 0 unspecified atom stereocenters. The summed E-state index contributed by atoms with van der Waals surface area (Å²) < 4.78 is 25.6. The number of hydrogen-bond donors (Lipinski definition) is 1. The number of rotatable bonds is 5. The van der Waals surface area contributed by atoms with Crippen LogP contribution >= 0.6 is 0 Å². The van der Waals surface area contributed by atoms with Crippen LogP contribution in [-0.2, 0) is 16.9 Å². The molecule has 0 radical (unpaired) electrons. The van der Waals surface area contributed by atoms with Crippen LogP contribution in [0.3, 0.4) is 0 Å². The number of hydrogen-bond acceptors (Lipinski definition) is 4. The van der Waals surface area contributed by atoms with E-state index in [-0.39, 0.29) is 23.1 Å². The summed E-state index contributed by atoms with van der Waals surface area (Å²) in [5.41, 5.74) is 1.14. The Balaban J connectivity index is 1.96. The molecule has 0 aliphatic rings. The molecule has 2 aromatic rings. The number of carbonyl (C=O) groups excluding carboxylic acids is 1. The molecule has 0 aliphatic carbocycles. The highest BCUT2D eigenvalue weighted by Gasteiger charge is 2.16. The fourth-order valence-corrected chi connectivity index (χ4v) is 3.14. The first-order valence-corrected chi connectivity index (χ1v) is 8.12. The Kier molecular flexibility index (Phi) is 4.42. The van der Waals surface area contributed by atoms with Crippen molar-refractivity contribution in [3.63, 3.8) is 0 Å². The lowest BCUT2D eigenvalue weighted by Gasteiger charge is -2.06. The molecular formula is C14H17N3O3S. The van der Waals surface area contributed by atoms with Crippen molar-refractivity contribution in [1.82, 2.24) is 15.1 Å². The molecule has 112 valence electrons. The van der Waals surface area contributed by atoms with Crippen molar-refractivity contribution in [1.29, 1.82) is 0 Å². The van der Waals surface area contributed by atoms with Crippen LogP contribution in [0.15, 0.2) is 41.3 Å². The molecule has 1 amide bonds. The molecule has 1 aromatic heterocycles. The standard InChI is InChI=1S/C14H17N3O3S/c1-11-10-13(17(2)16-11)14(18)15-8-9-21(19,20)12-6-4-3-5-7-12/h3-7,10H,8-9H2,1-2H3,(H,15,18). The van der Waals surface area contributed by atoms with Crippen LogP contribution in [0.25, 0.3) is 0 Å². The number of aromatic nitrogens is 2. The minimum absolute atomic E-state index is 0.0558. The smallest absolute Gasteiger partial charge is 0.269 e. The summed E-state index contributed by atoms with van der Waals surface area (Å²) in [5, 5.41) is 6.67. The predicted octanol–water partition coefficient (Wildman–Crippen LogP) is 0.932. The highest BCUT2D eigenvalue weighted by atomic mass is 32.2. The lowest BCUT2D eigenvalue weighted by atomic mass is 10.3. The summed E-state index contributed by atoms with van der Waals surface area (Å²) in [6, 6.07) is 9.84. The summed E-state index contributed by atoms with van der Waals surface area (Å²) >= 11 is 0. The monoisotopic (exact) mass is 307 g/mol. The zero-order chi connectivity index (χ0) is 15.5. The van der Waals surface area contributed by atoms with E-state index in [1.807, 2.05) is 0 Å². The molecule has 0 atom stereocenters. The molecule has 6 nitrogen and oxygen atoms in total. The third kappa shape index (κ3) is 3.69. The van der Waals surface area contributed by atoms with E-state index < -0.39 is 9.84 Å². The number of carbonyl (C=O) groups is 1. The lowest BCUT2D eigenvalue weighted by Crippen LogP contribution is -2.30. The van der Waals surface area contributed by atoms with E-state index in [0.717, 1.165) is 5.69 Å². The third-order valence-electron chi connectivity index (χ3n) is 2.99. The van der Waals surface area contributed by atoms with E-state index in [2.05, 4.69) is 10.4 Å². The van der Waals surface area contributed by atoms with Crippen molar-refractivity contribution < 1.29 is 13.2 Å². The molecule has 1 aromatic carbocycles. The second-order valence-electron chi connectivity index (χ2n) is 4.68. The van der Waals surface area contributed by atoms with E-state index in [9.17, 15) is 13.2 Å². The van der Waals surface area contributed by atoms with Crippen molar-refractivity contribution in [3.8, 4) is 0 Å². The van der Waals surface area contributed by atoms with Crippen molar-refractivity contribution in [3.05, 3.63) is 47.8 Å². The number of benzene rings is 1. The van der Waals surface area contributed by atoms with Gasteiger partial charge in [-0.1, -0.05) is 18.2 Å². The van der Waals surface area contributed by atoms with Crippen molar-refractivity contribution in [2.75, 3.05) is 12.3 Å². The molecule has 21 heavy (non-hydrogen) atoms. The van der Waals surface area contributed by atoms with Gasteiger partial charge in [0.2, 0.25) is 0 Å². The van der Waals surface area contributed by atoms with Gasteiger partial charge in [0.15, 0.2) is 9.84 Å². The zero-order valence-corrected chi connectivity index (χ0v) is 12.7. The second kappa shape index (κ2) is 6.09. The van der Waals surface area contributed by atoms with Gasteiger partial charge in [-0.3, -0.25) is 9.48 Å². The summed E-state index contributed by atoms with van der Waals surface area (Å²) in [7, 11) is -1.71. The van der Waals surface area contributed by atoms with Crippen LogP contribution in [0.4, 0.5) is 0 Å². The van der Waals surface area contributed by atoms with Crippen LogP contribution in [0, 0.1) is 6.92 Å². The molecule has 0 spiro atoms. The highest BCUT2D eigenvalue weighted by Crippen LogP contribution is 2.09. The summed E-state index contributed by atoms with van der Waals surface area (Å²) in [6.45, 7) is 1.84. The number of nitrogens with one attached hydrogen (secondary N) is 1. The normalized spacial score (nSPS) is 11.3. The van der Waals surface area contributed by atoms with Crippen molar-refractivity contribution in [2.45, 2.75) is 11.8 Å². The van der Waals surface area contributed by atoms with Gasteiger partial charge in [0, 0.05) is 13.6 Å². The van der Waals surface area contributed by atoms with Crippen LogP contribution in [0.1, 0.15) is 16.2 Å². The lowest BCUT2D eigenvalue weighted by molar-refractivity contribution is 0.0946. The van der Waals surface area contributed by atoms with E-state index >= 15 is 0 Å². The Bertz CT molecular complexity index is 736. The van der Waals surface area contributed by atoms with Crippen LogP contribution in [-0.4, -0.2) is 36.4 Å². The van der Waals surface area contributed by atoms with Crippen molar-refractivity contribution >= 4 is 15.7 Å². The Morgan fingerprint density at radius 2 is 1.95 bits per heavy atom. The third-order valence-corrected chi connectivity index (χ3v) is 4.73. The molecule has 0 fully saturated rings. The zero-order valence-electron chi connectivity index (χ0n) is 11.9. The maximum Gasteiger partial charge on any atom is 0.269 e. The minimum Gasteiger partial charge on any atom is -0.350 e. The van der Waals surface area contributed by atoms with Gasteiger partial charge in [0.1, 0.15) is 5.69 Å². The van der Waals surface area contributed by atoms with E-state index in [0.29, 0.717) is 5.69 Å². The van der Waals surface area contributed by atoms with Crippen LogP contribution in [0.2, 0.25) is 0 Å². The minimum atomic E-state index is -3.38. The fourth-order valence-electron chi connectivity index (χ4n) is 1.96. The van der Waals surface area contributed by atoms with E-state index in [1.165, 1.54) is 4.68 Å². The predicted molar refractivity (Wildman–Crippen MR) is 78.8 cm³/mol. The van der Waals surface area contributed by atoms with Gasteiger partial charge in [0.05, 0.1) is 16.3 Å². The second-order valence-corrected chi connectivity index (χ2v) is 6.79. The number of sulfone groups is 1. The first kappa shape index (κ1) is 15.2. The van der Waals surface area contributed by atoms with Crippen molar-refractivity contribution in [2.24, 2.45) is 7.05 Å². The SMILES string of the molecule is Cc1cc(C(=O)NCCS(=O)(=O)c2ccccc2)n(C)n1. The number of aryl methyl sites for hydroxylation is 2. The van der Waals surface area contributed by atoms with Gasteiger partial charge in [-0.15, -0.1) is 0 Å². The first-order chi connectivity index (χ1) is 9.90. The Hall–Kier alpha value is -2.15. The molecule has 7 heteroatoms.